The van der Waals surface area contributed by atoms with Crippen LogP contribution in [-0.4, -0.2) is 18.7 Å². The van der Waals surface area contributed by atoms with Gasteiger partial charge in [0.25, 0.3) is 6.33 Å². The number of ether oxygens (including phenoxy) is 1. The second kappa shape index (κ2) is 18.1. The fourth-order valence-corrected chi connectivity index (χ4v) is 10.5. The van der Waals surface area contributed by atoms with E-state index in [1.807, 2.05) is 24.4 Å². The van der Waals surface area contributed by atoms with Crippen LogP contribution in [-0.2, 0) is 27.5 Å². The van der Waals surface area contributed by atoms with Crippen molar-refractivity contribution in [1.82, 2.24) is 18.7 Å². The fourth-order valence-electron chi connectivity index (χ4n) is 10.5. The summed E-state index contributed by atoms with van der Waals surface area (Å²) in [6.45, 7) is 6.82. The summed E-state index contributed by atoms with van der Waals surface area (Å²) in [5.74, 6) is 1.97. The van der Waals surface area contributed by atoms with Crippen LogP contribution in [0.2, 0.25) is 0 Å². The number of nitrogens with zero attached hydrogens (tertiary/aromatic N) is 5. The Morgan fingerprint density at radius 3 is 1.82 bits per heavy atom. The topological polar surface area (TPSA) is 40.8 Å². The van der Waals surface area contributed by atoms with Gasteiger partial charge < -0.3 is 18.4 Å². The molecule has 9 aromatic carbocycles. The van der Waals surface area contributed by atoms with Gasteiger partial charge in [-0.25, -0.2) is 4.98 Å². The Labute approximate surface area is 432 Å². The summed E-state index contributed by atoms with van der Waals surface area (Å²) in [6.07, 6.45) is 6.62. The molecule has 0 saturated carbocycles. The number of pyridine rings is 1. The number of rotatable bonds is 9. The third-order valence-electron chi connectivity index (χ3n) is 13.5. The van der Waals surface area contributed by atoms with Crippen LogP contribution in [0.25, 0.3) is 99.8 Å². The Balaban J connectivity index is 0.00000530. The zero-order chi connectivity index (χ0) is 47.6. The molecule has 4 aromatic heterocycles. The van der Waals surface area contributed by atoms with Crippen LogP contribution in [0.5, 0.6) is 11.5 Å². The van der Waals surface area contributed by atoms with Crippen LogP contribution in [0.3, 0.4) is 0 Å². The van der Waals surface area contributed by atoms with Gasteiger partial charge in [0.1, 0.15) is 5.82 Å². The van der Waals surface area contributed by atoms with E-state index in [0.29, 0.717) is 11.5 Å². The fraction of sp³-hybridized carbons (Fsp3) is 0.0769. The van der Waals surface area contributed by atoms with Crippen molar-refractivity contribution in [2.45, 2.75) is 27.2 Å². The molecule has 6 nitrogen and oxygen atoms in total. The predicted octanol–water partition coefficient (Wildman–Crippen LogP) is 15.6. The van der Waals surface area contributed by atoms with Gasteiger partial charge >= 0.3 is 0 Å². The van der Waals surface area contributed by atoms with Crippen LogP contribution in [0.15, 0.2) is 219 Å². The average Bonchev–Trinajstić information content (AvgIpc) is 4.06. The van der Waals surface area contributed by atoms with Gasteiger partial charge in [0, 0.05) is 60.7 Å². The molecule has 0 aliphatic heterocycles. The minimum atomic E-state index is 0. The summed E-state index contributed by atoms with van der Waals surface area (Å²) >= 11 is 0. The molecule has 0 aliphatic rings. The summed E-state index contributed by atoms with van der Waals surface area (Å²) in [6, 6.07) is 82.0. The van der Waals surface area contributed by atoms with Crippen molar-refractivity contribution < 1.29 is 30.4 Å². The monoisotopic (exact) mass is 1110 g/mol. The normalized spacial score (nSPS) is 11.8. The van der Waals surface area contributed by atoms with Gasteiger partial charge in [0.05, 0.1) is 27.8 Å². The molecule has 13 rings (SSSR count). The van der Waals surface area contributed by atoms with Crippen LogP contribution in [0.1, 0.15) is 26.3 Å². The first-order valence-electron chi connectivity index (χ1n) is 24.2. The number of fused-ring (bicyclic) bond motifs is 7. The average molecular weight is 1110 g/mol. The van der Waals surface area contributed by atoms with E-state index in [4.69, 9.17) is 9.72 Å². The summed E-state index contributed by atoms with van der Waals surface area (Å²) in [7, 11) is 0. The summed E-state index contributed by atoms with van der Waals surface area (Å²) in [5.41, 5.74) is 15.0. The first-order valence-corrected chi connectivity index (χ1v) is 24.2. The number of para-hydroxylation sites is 5. The van der Waals surface area contributed by atoms with Gasteiger partial charge in [-0.15, -0.1) is 29.7 Å². The predicted molar refractivity (Wildman–Crippen MR) is 288 cm³/mol. The molecule has 72 heavy (non-hydrogen) atoms. The maximum Gasteiger partial charge on any atom is 0.268 e. The summed E-state index contributed by atoms with van der Waals surface area (Å²) in [4.78, 5) is 5.00. The van der Waals surface area contributed by atoms with E-state index >= 15 is 0 Å². The van der Waals surface area contributed by atoms with Gasteiger partial charge in [0.2, 0.25) is 0 Å². The Kier molecular flexibility index (Phi) is 11.3. The number of benzene rings is 9. The smallest absolute Gasteiger partial charge is 0.268 e. The van der Waals surface area contributed by atoms with E-state index in [0.717, 1.165) is 84.4 Å². The molecule has 0 aliphatic carbocycles. The molecule has 0 amide bonds. The quantitative estimate of drug-likeness (QED) is 0.107. The Bertz CT molecular complexity index is 4050. The van der Waals surface area contributed by atoms with Crippen molar-refractivity contribution in [2.75, 3.05) is 0 Å². The molecular formula is C65H47N5OPt-2. The number of aromatic nitrogens is 5. The standard InChI is InChI=1S/C65H47N5O.Pt/c1-65(2,3)42-44-36-37-66-63(38-44)70-59-35-32-48(69-57-28-12-10-24-53(57)54-25-11-13-29-58(54)69)40-56(59)55-34-33-50(41-62(55)70)71-49-23-16-22-47(39-49)67-43-68(61-31-15-14-30-60(61)67)64-51(45-18-6-4-7-19-45)26-17-27-52(64)46-20-8-5-9-21-46;/h4-38,40H,42H2,1-3H3;/q-2;. The van der Waals surface area contributed by atoms with Crippen LogP contribution >= 0.6 is 0 Å². The van der Waals surface area contributed by atoms with Crippen LogP contribution in [0.4, 0.5) is 0 Å². The maximum absolute atomic E-state index is 6.78. The van der Waals surface area contributed by atoms with Crippen molar-refractivity contribution in [3.63, 3.8) is 0 Å². The van der Waals surface area contributed by atoms with Crippen molar-refractivity contribution in [2.24, 2.45) is 5.41 Å². The van der Waals surface area contributed by atoms with Crippen molar-refractivity contribution >= 4 is 54.6 Å². The second-order valence-corrected chi connectivity index (χ2v) is 19.4. The van der Waals surface area contributed by atoms with Crippen LogP contribution in [0, 0.1) is 23.9 Å². The minimum absolute atomic E-state index is 0. The molecule has 0 atom stereocenters. The largest absolute Gasteiger partial charge is 0.510 e. The van der Waals surface area contributed by atoms with Gasteiger partial charge in [-0.1, -0.05) is 166 Å². The second-order valence-electron chi connectivity index (χ2n) is 19.4. The number of hydrogen-bond donors (Lipinski definition) is 0. The molecule has 350 valence electrons. The third-order valence-corrected chi connectivity index (χ3v) is 13.5. The van der Waals surface area contributed by atoms with Crippen LogP contribution < -0.4 is 9.30 Å². The Morgan fingerprint density at radius 1 is 0.514 bits per heavy atom. The zero-order valence-corrected chi connectivity index (χ0v) is 42.2. The molecule has 0 fully saturated rings. The first kappa shape index (κ1) is 44.9. The summed E-state index contributed by atoms with van der Waals surface area (Å²) in [5, 5.41) is 4.62. The molecule has 13 aromatic rings. The number of imidazole rings is 1. The molecule has 0 unspecified atom stereocenters. The summed E-state index contributed by atoms with van der Waals surface area (Å²) < 4.78 is 15.7. The maximum atomic E-state index is 6.78. The van der Waals surface area contributed by atoms with Gasteiger partial charge in [-0.3, -0.25) is 4.57 Å². The molecule has 4 heterocycles. The minimum Gasteiger partial charge on any atom is -0.510 e. The van der Waals surface area contributed by atoms with E-state index in [1.165, 1.54) is 27.4 Å². The van der Waals surface area contributed by atoms with E-state index < -0.39 is 0 Å². The molecular weight excluding hydrogens is 1060 g/mol. The third kappa shape index (κ3) is 7.89. The zero-order valence-electron chi connectivity index (χ0n) is 40.0. The van der Waals surface area contributed by atoms with E-state index in [1.54, 1.807) is 0 Å². The molecule has 0 saturated heterocycles. The molecule has 0 radical (unpaired) electrons. The van der Waals surface area contributed by atoms with Crippen molar-refractivity contribution in [3.8, 4) is 56.6 Å². The first-order chi connectivity index (χ1) is 34.8. The molecule has 0 N–H and O–H groups in total. The van der Waals surface area contributed by atoms with Crippen molar-refractivity contribution in [3.05, 3.63) is 243 Å². The van der Waals surface area contributed by atoms with E-state index in [9.17, 15) is 0 Å². The Morgan fingerprint density at radius 2 is 1.12 bits per heavy atom. The van der Waals surface area contributed by atoms with Gasteiger partial charge in [-0.05, 0) is 93.2 Å². The van der Waals surface area contributed by atoms with Gasteiger partial charge in [0.15, 0.2) is 0 Å². The van der Waals surface area contributed by atoms with E-state index in [2.05, 4.69) is 252 Å². The molecule has 0 spiro atoms. The van der Waals surface area contributed by atoms with E-state index in [-0.39, 0.29) is 26.5 Å². The van der Waals surface area contributed by atoms with Gasteiger partial charge in [-0.2, -0.15) is 18.2 Å². The van der Waals surface area contributed by atoms with Crippen molar-refractivity contribution in [1.29, 1.82) is 0 Å². The Hall–Kier alpha value is -8.31. The SMILES string of the molecule is CC(C)(C)Cc1ccnc(-n2c3[c-]c(Oc4[c-]c(-n5[c-][n+](-c6c(-c7ccccc7)cccc6-c6ccccc6)c6ccccc65)ccc4)ccc3c3cc(-n4c5ccccc5c5ccccc54)ccc32)c1.[Pt]. The molecule has 7 heteroatoms. The number of hydrogen-bond acceptors (Lipinski definition) is 2. The molecule has 0 bridgehead atoms.